The van der Waals surface area contributed by atoms with Crippen molar-refractivity contribution in [3.05, 3.63) is 0 Å². The first-order valence-corrected chi connectivity index (χ1v) is 5.15. The predicted octanol–water partition coefficient (Wildman–Crippen LogP) is 0.901. The Kier molecular flexibility index (Phi) is 3.63. The van der Waals surface area contributed by atoms with E-state index in [9.17, 15) is 9.00 Å². The molecule has 0 saturated heterocycles. The molecule has 0 aromatic rings. The van der Waals surface area contributed by atoms with Crippen LogP contribution in [0.1, 0.15) is 34.6 Å². The maximum atomic E-state index is 11.5. The molecule has 0 saturated carbocycles. The van der Waals surface area contributed by atoms with Crippen molar-refractivity contribution in [2.75, 3.05) is 0 Å². The SMILES string of the molecule is CC(C)(NS(=O)C(C)(C)C)C(=O)O. The highest BCUT2D eigenvalue weighted by Gasteiger charge is 2.32. The summed E-state index contributed by atoms with van der Waals surface area (Å²) < 4.78 is 13.6. The topological polar surface area (TPSA) is 66.4 Å². The molecule has 0 aliphatic heterocycles. The van der Waals surface area contributed by atoms with Crippen molar-refractivity contribution in [1.82, 2.24) is 4.72 Å². The summed E-state index contributed by atoms with van der Waals surface area (Å²) in [5.74, 6) is -1.01. The van der Waals surface area contributed by atoms with Gasteiger partial charge >= 0.3 is 5.97 Å². The Labute approximate surface area is 81.3 Å². The van der Waals surface area contributed by atoms with Crippen LogP contribution < -0.4 is 4.72 Å². The van der Waals surface area contributed by atoms with Crippen molar-refractivity contribution in [1.29, 1.82) is 0 Å². The van der Waals surface area contributed by atoms with Gasteiger partial charge in [0.1, 0.15) is 5.54 Å². The van der Waals surface area contributed by atoms with Gasteiger partial charge in [0.25, 0.3) is 0 Å². The van der Waals surface area contributed by atoms with Crippen molar-refractivity contribution in [2.24, 2.45) is 0 Å². The first kappa shape index (κ1) is 12.6. The van der Waals surface area contributed by atoms with Gasteiger partial charge in [-0.15, -0.1) is 0 Å². The van der Waals surface area contributed by atoms with Gasteiger partial charge in [-0.3, -0.25) is 4.79 Å². The molecule has 0 amide bonds. The Morgan fingerprint density at radius 1 is 1.23 bits per heavy atom. The smallest absolute Gasteiger partial charge is 0.324 e. The fourth-order valence-corrected chi connectivity index (χ4v) is 1.29. The van der Waals surface area contributed by atoms with E-state index in [0.29, 0.717) is 0 Å². The molecule has 0 bridgehead atoms. The average molecular weight is 207 g/mol. The zero-order chi connectivity index (χ0) is 10.9. The van der Waals surface area contributed by atoms with Crippen LogP contribution in [-0.4, -0.2) is 25.6 Å². The molecular formula is C8H17NO3S. The fraction of sp³-hybridized carbons (Fsp3) is 0.875. The number of carbonyl (C=O) groups is 1. The summed E-state index contributed by atoms with van der Waals surface area (Å²) >= 11 is 0. The molecule has 13 heavy (non-hydrogen) atoms. The standard InChI is InChI=1S/C8H17NO3S/c1-7(2,3)13(12)9-8(4,5)6(10)11/h9H,1-5H3,(H,10,11). The molecule has 0 radical (unpaired) electrons. The van der Waals surface area contributed by atoms with E-state index in [4.69, 9.17) is 5.11 Å². The summed E-state index contributed by atoms with van der Waals surface area (Å²) in [6.07, 6.45) is 0. The highest BCUT2D eigenvalue weighted by Crippen LogP contribution is 2.13. The molecule has 0 spiro atoms. The lowest BCUT2D eigenvalue weighted by atomic mass is 10.1. The van der Waals surface area contributed by atoms with Crippen molar-refractivity contribution >= 4 is 17.0 Å². The number of aliphatic carboxylic acids is 1. The van der Waals surface area contributed by atoms with E-state index in [0.717, 1.165) is 0 Å². The third-order valence-corrected chi connectivity index (χ3v) is 3.25. The summed E-state index contributed by atoms with van der Waals surface area (Å²) in [7, 11) is -1.36. The van der Waals surface area contributed by atoms with Crippen LogP contribution in [0.2, 0.25) is 0 Å². The van der Waals surface area contributed by atoms with Gasteiger partial charge in [0.2, 0.25) is 0 Å². The molecule has 0 rings (SSSR count). The van der Waals surface area contributed by atoms with Crippen molar-refractivity contribution < 1.29 is 14.1 Å². The third-order valence-electron chi connectivity index (χ3n) is 1.44. The largest absolute Gasteiger partial charge is 0.480 e. The monoisotopic (exact) mass is 207 g/mol. The van der Waals surface area contributed by atoms with Crippen LogP contribution in [0.4, 0.5) is 0 Å². The molecule has 4 nitrogen and oxygen atoms in total. The van der Waals surface area contributed by atoms with Gasteiger partial charge in [-0.05, 0) is 34.6 Å². The van der Waals surface area contributed by atoms with Gasteiger partial charge in [-0.25, -0.2) is 8.93 Å². The van der Waals surface area contributed by atoms with Gasteiger partial charge in [0, 0.05) is 0 Å². The van der Waals surface area contributed by atoms with Crippen molar-refractivity contribution in [2.45, 2.75) is 44.9 Å². The number of nitrogens with one attached hydrogen (secondary N) is 1. The van der Waals surface area contributed by atoms with E-state index in [1.807, 2.05) is 0 Å². The van der Waals surface area contributed by atoms with Crippen LogP contribution in [0.3, 0.4) is 0 Å². The highest BCUT2D eigenvalue weighted by atomic mass is 32.2. The lowest BCUT2D eigenvalue weighted by molar-refractivity contribution is -0.142. The third kappa shape index (κ3) is 3.87. The second-order valence-corrected chi connectivity index (χ2v) is 6.38. The second-order valence-electron chi connectivity index (χ2n) is 4.41. The number of rotatable bonds is 3. The summed E-state index contributed by atoms with van der Waals surface area (Å²) in [5, 5.41) is 8.76. The van der Waals surface area contributed by atoms with Gasteiger partial charge in [-0.2, -0.15) is 0 Å². The summed E-state index contributed by atoms with van der Waals surface area (Å²) in [6.45, 7) is 8.33. The molecule has 0 aromatic heterocycles. The molecule has 0 aliphatic carbocycles. The summed E-state index contributed by atoms with van der Waals surface area (Å²) in [5.41, 5.74) is -1.15. The van der Waals surface area contributed by atoms with E-state index in [2.05, 4.69) is 4.72 Å². The zero-order valence-corrected chi connectivity index (χ0v) is 9.49. The normalized spacial score (nSPS) is 15.5. The molecule has 1 atom stereocenters. The quantitative estimate of drug-likeness (QED) is 0.722. The molecule has 1 unspecified atom stereocenters. The Balaban J connectivity index is 4.47. The molecular weight excluding hydrogens is 190 g/mol. The lowest BCUT2D eigenvalue weighted by Gasteiger charge is -2.26. The molecule has 0 aliphatic rings. The average Bonchev–Trinajstić information content (AvgIpc) is 1.83. The van der Waals surface area contributed by atoms with E-state index < -0.39 is 27.2 Å². The fourth-order valence-electron chi connectivity index (χ4n) is 0.428. The first-order chi connectivity index (χ1) is 5.57. The van der Waals surface area contributed by atoms with Crippen molar-refractivity contribution in [3.8, 4) is 0 Å². The molecule has 0 aromatic carbocycles. The Hall–Kier alpha value is -0.420. The highest BCUT2D eigenvalue weighted by molar-refractivity contribution is 7.84. The van der Waals surface area contributed by atoms with Gasteiger partial charge < -0.3 is 5.11 Å². The van der Waals surface area contributed by atoms with Crippen LogP contribution in [0, 0.1) is 0 Å². The van der Waals surface area contributed by atoms with Gasteiger partial charge in [0.05, 0.1) is 15.7 Å². The number of hydrogen-bond acceptors (Lipinski definition) is 2. The summed E-state index contributed by atoms with van der Waals surface area (Å²) in [6, 6.07) is 0. The minimum Gasteiger partial charge on any atom is -0.480 e. The van der Waals surface area contributed by atoms with Gasteiger partial charge in [0.15, 0.2) is 0 Å². The van der Waals surface area contributed by atoms with Crippen LogP contribution in [-0.2, 0) is 15.8 Å². The molecule has 78 valence electrons. The minimum atomic E-state index is -1.36. The summed E-state index contributed by atoms with van der Waals surface area (Å²) in [4.78, 5) is 10.7. The van der Waals surface area contributed by atoms with Gasteiger partial charge in [-0.1, -0.05) is 0 Å². The maximum Gasteiger partial charge on any atom is 0.324 e. The van der Waals surface area contributed by atoms with Crippen LogP contribution in [0.5, 0.6) is 0 Å². The number of hydrogen-bond donors (Lipinski definition) is 2. The zero-order valence-electron chi connectivity index (χ0n) is 8.67. The maximum absolute atomic E-state index is 11.5. The van der Waals surface area contributed by atoms with Crippen LogP contribution in [0.15, 0.2) is 0 Å². The van der Waals surface area contributed by atoms with Crippen LogP contribution >= 0.6 is 0 Å². The molecule has 0 heterocycles. The second kappa shape index (κ2) is 3.75. The van der Waals surface area contributed by atoms with E-state index in [-0.39, 0.29) is 0 Å². The molecule has 2 N–H and O–H groups in total. The van der Waals surface area contributed by atoms with Crippen LogP contribution in [0.25, 0.3) is 0 Å². The Morgan fingerprint density at radius 3 is 1.85 bits per heavy atom. The number of carboxylic acids is 1. The van der Waals surface area contributed by atoms with Crippen molar-refractivity contribution in [3.63, 3.8) is 0 Å². The number of carboxylic acid groups (broad SMARTS) is 1. The minimum absolute atomic E-state index is 0.452. The predicted molar refractivity (Wildman–Crippen MR) is 52.7 cm³/mol. The first-order valence-electron chi connectivity index (χ1n) is 4.00. The Bertz CT molecular complexity index is 230. The molecule has 5 heteroatoms. The van der Waals surface area contributed by atoms with E-state index in [1.54, 1.807) is 20.8 Å². The lowest BCUT2D eigenvalue weighted by Crippen LogP contribution is -2.51. The Morgan fingerprint density at radius 2 is 1.62 bits per heavy atom. The van der Waals surface area contributed by atoms with E-state index in [1.165, 1.54) is 13.8 Å². The van der Waals surface area contributed by atoms with E-state index >= 15 is 0 Å². The molecule has 0 fully saturated rings.